The molecule has 0 radical (unpaired) electrons. The van der Waals surface area contributed by atoms with Gasteiger partial charge >= 0.3 is 0 Å². The van der Waals surface area contributed by atoms with Crippen molar-refractivity contribution in [3.8, 4) is 0 Å². The van der Waals surface area contributed by atoms with Crippen molar-refractivity contribution in [1.29, 1.82) is 0 Å². The van der Waals surface area contributed by atoms with Gasteiger partial charge in [-0.3, -0.25) is 0 Å². The third-order valence-electron chi connectivity index (χ3n) is 3.59. The predicted octanol–water partition coefficient (Wildman–Crippen LogP) is 2.80. The number of likely N-dealkylation sites (tertiary alicyclic amines) is 1. The molecule has 3 rings (SSSR count). The van der Waals surface area contributed by atoms with Gasteiger partial charge in [0.15, 0.2) is 5.65 Å². The molecule has 1 aliphatic heterocycles. The van der Waals surface area contributed by atoms with Crippen molar-refractivity contribution in [3.63, 3.8) is 0 Å². The molecule has 17 heavy (non-hydrogen) atoms. The molecule has 3 nitrogen and oxygen atoms in total. The molecule has 1 saturated heterocycles. The van der Waals surface area contributed by atoms with Crippen LogP contribution in [0.5, 0.6) is 0 Å². The van der Waals surface area contributed by atoms with Crippen molar-refractivity contribution in [2.45, 2.75) is 19.3 Å². The normalized spacial score (nSPS) is 21.4. The second-order valence-corrected chi connectivity index (χ2v) is 5.04. The number of hydrogen-bond donors (Lipinski definition) is 0. The van der Waals surface area contributed by atoms with Crippen LogP contribution in [0, 0.1) is 0 Å². The van der Waals surface area contributed by atoms with E-state index >= 15 is 0 Å². The van der Waals surface area contributed by atoms with Crippen molar-refractivity contribution >= 4 is 17.2 Å². The Balaban J connectivity index is 1.94. The quantitative estimate of drug-likeness (QED) is 0.816. The van der Waals surface area contributed by atoms with Gasteiger partial charge in [0.2, 0.25) is 0 Å². The number of pyridine rings is 1. The Hall–Kier alpha value is -1.06. The molecular weight excluding hydrogens is 234 g/mol. The van der Waals surface area contributed by atoms with E-state index in [-0.39, 0.29) is 0 Å². The van der Waals surface area contributed by atoms with E-state index in [1.165, 1.54) is 18.7 Å². The van der Waals surface area contributed by atoms with Crippen LogP contribution in [0.3, 0.4) is 0 Å². The Morgan fingerprint density at radius 3 is 3.12 bits per heavy atom. The molecule has 4 heteroatoms. The van der Waals surface area contributed by atoms with Gasteiger partial charge in [0.1, 0.15) is 0 Å². The Morgan fingerprint density at radius 2 is 2.41 bits per heavy atom. The van der Waals surface area contributed by atoms with E-state index in [0.29, 0.717) is 5.92 Å². The van der Waals surface area contributed by atoms with Gasteiger partial charge in [0.05, 0.1) is 10.7 Å². The number of halogens is 1. The molecule has 0 N–H and O–H groups in total. The van der Waals surface area contributed by atoms with Gasteiger partial charge in [0, 0.05) is 24.9 Å². The fraction of sp³-hybridized carbons (Fsp3) is 0.462. The molecule has 0 spiro atoms. The summed E-state index contributed by atoms with van der Waals surface area (Å²) in [5, 5.41) is 0.726. The second-order valence-electron chi connectivity index (χ2n) is 4.63. The van der Waals surface area contributed by atoms with Crippen LogP contribution in [0.25, 0.3) is 5.65 Å². The van der Waals surface area contributed by atoms with Gasteiger partial charge in [-0.15, -0.1) is 0 Å². The third kappa shape index (κ3) is 1.94. The summed E-state index contributed by atoms with van der Waals surface area (Å²) in [4.78, 5) is 7.14. The molecular formula is C13H16ClN3. The van der Waals surface area contributed by atoms with E-state index in [0.717, 1.165) is 23.8 Å². The molecule has 90 valence electrons. The molecule has 2 aromatic rings. The summed E-state index contributed by atoms with van der Waals surface area (Å²) in [6, 6.07) is 3.84. The SMILES string of the molecule is CCN1CCC(c2cn3cccc(Cl)c3n2)C1. The van der Waals surface area contributed by atoms with Gasteiger partial charge in [-0.1, -0.05) is 18.5 Å². The van der Waals surface area contributed by atoms with Crippen LogP contribution in [0.4, 0.5) is 0 Å². The Morgan fingerprint density at radius 1 is 1.53 bits per heavy atom. The van der Waals surface area contributed by atoms with Crippen LogP contribution in [-0.4, -0.2) is 33.9 Å². The van der Waals surface area contributed by atoms with Crippen molar-refractivity contribution in [3.05, 3.63) is 35.2 Å². The van der Waals surface area contributed by atoms with Crippen molar-refractivity contribution < 1.29 is 0 Å². The second kappa shape index (κ2) is 4.31. The maximum Gasteiger partial charge on any atom is 0.155 e. The highest BCUT2D eigenvalue weighted by atomic mass is 35.5. The Labute approximate surface area is 106 Å². The van der Waals surface area contributed by atoms with Crippen LogP contribution in [0.2, 0.25) is 5.02 Å². The van der Waals surface area contributed by atoms with E-state index in [1.807, 2.05) is 22.7 Å². The fourth-order valence-corrected chi connectivity index (χ4v) is 2.77. The van der Waals surface area contributed by atoms with Gasteiger partial charge in [-0.2, -0.15) is 0 Å². The summed E-state index contributed by atoms with van der Waals surface area (Å²) >= 11 is 6.14. The van der Waals surface area contributed by atoms with E-state index < -0.39 is 0 Å². The number of nitrogens with zero attached hydrogens (tertiary/aromatic N) is 3. The van der Waals surface area contributed by atoms with Crippen molar-refractivity contribution in [2.75, 3.05) is 19.6 Å². The molecule has 0 aromatic carbocycles. The monoisotopic (exact) mass is 249 g/mol. The largest absolute Gasteiger partial charge is 0.306 e. The van der Waals surface area contributed by atoms with Crippen LogP contribution in [-0.2, 0) is 0 Å². The molecule has 1 unspecified atom stereocenters. The van der Waals surface area contributed by atoms with Gasteiger partial charge in [-0.25, -0.2) is 4.98 Å². The Bertz CT molecular complexity index is 534. The maximum absolute atomic E-state index is 6.14. The highest BCUT2D eigenvalue weighted by Crippen LogP contribution is 2.27. The summed E-state index contributed by atoms with van der Waals surface area (Å²) in [6.45, 7) is 5.65. The number of hydrogen-bond acceptors (Lipinski definition) is 2. The molecule has 2 aromatic heterocycles. The molecule has 1 fully saturated rings. The lowest BCUT2D eigenvalue weighted by Crippen LogP contribution is -2.19. The minimum atomic E-state index is 0.561. The topological polar surface area (TPSA) is 20.5 Å². The maximum atomic E-state index is 6.14. The summed E-state index contributed by atoms with van der Waals surface area (Å²) < 4.78 is 2.02. The summed E-state index contributed by atoms with van der Waals surface area (Å²) in [5.41, 5.74) is 2.05. The minimum Gasteiger partial charge on any atom is -0.306 e. The molecule has 1 atom stereocenters. The van der Waals surface area contributed by atoms with E-state index in [1.54, 1.807) is 0 Å². The van der Waals surface area contributed by atoms with E-state index in [9.17, 15) is 0 Å². The smallest absolute Gasteiger partial charge is 0.155 e. The molecule has 0 bridgehead atoms. The summed E-state index contributed by atoms with van der Waals surface area (Å²) in [7, 11) is 0. The lowest BCUT2D eigenvalue weighted by atomic mass is 10.1. The average Bonchev–Trinajstić information content (AvgIpc) is 2.95. The molecule has 1 aliphatic rings. The summed E-state index contributed by atoms with van der Waals surface area (Å²) in [5.74, 6) is 0.561. The minimum absolute atomic E-state index is 0.561. The number of aromatic nitrogens is 2. The first-order valence-electron chi connectivity index (χ1n) is 6.13. The zero-order chi connectivity index (χ0) is 11.8. The fourth-order valence-electron chi connectivity index (χ4n) is 2.56. The highest BCUT2D eigenvalue weighted by Gasteiger charge is 2.24. The van der Waals surface area contributed by atoms with Crippen LogP contribution < -0.4 is 0 Å². The lowest BCUT2D eigenvalue weighted by molar-refractivity contribution is 0.353. The van der Waals surface area contributed by atoms with Crippen LogP contribution in [0.15, 0.2) is 24.5 Å². The predicted molar refractivity (Wildman–Crippen MR) is 69.7 cm³/mol. The molecule has 0 amide bonds. The zero-order valence-electron chi connectivity index (χ0n) is 9.93. The molecule has 3 heterocycles. The first kappa shape index (κ1) is 11.1. The first-order valence-corrected chi connectivity index (χ1v) is 6.51. The summed E-state index contributed by atoms with van der Waals surface area (Å²) in [6.07, 6.45) is 5.32. The average molecular weight is 250 g/mol. The first-order chi connectivity index (χ1) is 8.28. The van der Waals surface area contributed by atoms with Crippen molar-refractivity contribution in [2.24, 2.45) is 0 Å². The standard InChI is InChI=1S/C13H16ClN3/c1-2-16-7-5-10(8-16)12-9-17-6-3-4-11(14)13(17)15-12/h3-4,6,9-10H,2,5,7-8H2,1H3. The van der Waals surface area contributed by atoms with Gasteiger partial charge < -0.3 is 9.30 Å². The van der Waals surface area contributed by atoms with Crippen molar-refractivity contribution in [1.82, 2.24) is 14.3 Å². The van der Waals surface area contributed by atoms with E-state index in [2.05, 4.69) is 23.0 Å². The molecule has 0 aliphatic carbocycles. The van der Waals surface area contributed by atoms with Gasteiger partial charge in [0.25, 0.3) is 0 Å². The van der Waals surface area contributed by atoms with Crippen LogP contribution in [0.1, 0.15) is 25.0 Å². The number of imidazole rings is 1. The number of likely N-dealkylation sites (N-methyl/N-ethyl adjacent to an activating group) is 1. The number of fused-ring (bicyclic) bond motifs is 1. The Kier molecular flexibility index (Phi) is 2.81. The highest BCUT2D eigenvalue weighted by molar-refractivity contribution is 6.33. The zero-order valence-corrected chi connectivity index (χ0v) is 10.7. The van der Waals surface area contributed by atoms with Gasteiger partial charge in [-0.05, 0) is 31.6 Å². The van der Waals surface area contributed by atoms with E-state index in [4.69, 9.17) is 11.6 Å². The van der Waals surface area contributed by atoms with Crippen LogP contribution >= 0.6 is 11.6 Å². The third-order valence-corrected chi connectivity index (χ3v) is 3.89. The number of rotatable bonds is 2. The lowest BCUT2D eigenvalue weighted by Gasteiger charge is -2.11. The molecule has 0 saturated carbocycles.